The van der Waals surface area contributed by atoms with E-state index < -0.39 is 0 Å². The Kier molecular flexibility index (Phi) is 5.23. The molecule has 9 heteroatoms. The molecule has 3 aromatic heterocycles. The summed E-state index contributed by atoms with van der Waals surface area (Å²) < 4.78 is 11.0. The van der Waals surface area contributed by atoms with E-state index in [4.69, 9.17) is 14.8 Å². The molecule has 3 heterocycles. The Morgan fingerprint density at radius 1 is 1.24 bits per heavy atom. The zero-order valence-corrected chi connectivity index (χ0v) is 18.2. The van der Waals surface area contributed by atoms with Crippen molar-refractivity contribution >= 4 is 28.2 Å². The molecule has 2 N–H and O–H groups in total. The van der Waals surface area contributed by atoms with Crippen LogP contribution in [-0.2, 0) is 0 Å². The summed E-state index contributed by atoms with van der Waals surface area (Å²) in [6.45, 7) is 2.02. The molecular weight excluding hydrogens is 406 g/mol. The van der Waals surface area contributed by atoms with Gasteiger partial charge >= 0.3 is 0 Å². The number of nitrogens with zero attached hydrogens (tertiary/aromatic N) is 4. The fourth-order valence-electron chi connectivity index (χ4n) is 3.82. The topological polar surface area (TPSA) is 84.6 Å². The molecule has 0 spiro atoms. The molecule has 0 saturated heterocycles. The fourth-order valence-corrected chi connectivity index (χ4v) is 5.87. The van der Waals surface area contributed by atoms with Crippen LogP contribution in [0.4, 0.5) is 0 Å². The Hall–Kier alpha value is -1.68. The Balaban J connectivity index is 1.43. The van der Waals surface area contributed by atoms with Crippen molar-refractivity contribution in [1.82, 2.24) is 24.3 Å². The van der Waals surface area contributed by atoms with E-state index in [0.717, 1.165) is 52.5 Å². The quantitative estimate of drug-likeness (QED) is 0.572. The predicted molar refractivity (Wildman–Crippen MR) is 115 cm³/mol. The van der Waals surface area contributed by atoms with Gasteiger partial charge in [-0.05, 0) is 63.5 Å². The summed E-state index contributed by atoms with van der Waals surface area (Å²) in [6.07, 6.45) is 7.83. The van der Waals surface area contributed by atoms with Crippen LogP contribution in [0.2, 0.25) is 0 Å². The molecule has 0 radical (unpaired) electrons. The average Bonchev–Trinajstić information content (AvgIpc) is 3.43. The third-order valence-corrected chi connectivity index (χ3v) is 7.67. The molecule has 0 unspecified atom stereocenters. The van der Waals surface area contributed by atoms with Gasteiger partial charge in [0.15, 0.2) is 0 Å². The molecule has 29 heavy (non-hydrogen) atoms. The van der Waals surface area contributed by atoms with Gasteiger partial charge in [0, 0.05) is 23.7 Å². The van der Waals surface area contributed by atoms with Crippen molar-refractivity contribution in [3.05, 3.63) is 23.0 Å². The highest BCUT2D eigenvalue weighted by molar-refractivity contribution is 7.97. The summed E-state index contributed by atoms with van der Waals surface area (Å²) in [4.78, 5) is 11.2. The molecular formula is C20H25N5O2S2. The standard InChI is InChI=1S/C20H25N5O2S2/c1-11-17(25-20(22-11)28-19(23-25)12-3-4-12)13-9-16(18(27-2)21-10-13)29-24-14-5-7-15(26)8-6-14/h9-10,12,14-15,24,26H,3-8H2,1-2H3/t14-,15+. The van der Waals surface area contributed by atoms with Gasteiger partial charge in [-0.3, -0.25) is 4.72 Å². The lowest BCUT2D eigenvalue weighted by atomic mass is 9.94. The van der Waals surface area contributed by atoms with Crippen LogP contribution in [0.5, 0.6) is 5.88 Å². The summed E-state index contributed by atoms with van der Waals surface area (Å²) >= 11 is 3.25. The maximum atomic E-state index is 9.71. The second-order valence-corrected chi connectivity index (χ2v) is 9.78. The monoisotopic (exact) mass is 431 g/mol. The molecule has 0 aliphatic heterocycles. The third-order valence-electron chi connectivity index (χ3n) is 5.64. The largest absolute Gasteiger partial charge is 0.480 e. The van der Waals surface area contributed by atoms with Gasteiger partial charge in [-0.1, -0.05) is 11.3 Å². The Labute approximate surface area is 178 Å². The number of aromatic nitrogens is 4. The van der Waals surface area contributed by atoms with Crippen molar-refractivity contribution in [3.8, 4) is 17.1 Å². The Bertz CT molecular complexity index is 1020. The number of aliphatic hydroxyl groups excluding tert-OH is 1. The molecule has 154 valence electrons. The summed E-state index contributed by atoms with van der Waals surface area (Å²) in [5.74, 6) is 1.23. The van der Waals surface area contributed by atoms with Crippen molar-refractivity contribution < 1.29 is 9.84 Å². The zero-order valence-electron chi connectivity index (χ0n) is 16.6. The van der Waals surface area contributed by atoms with Crippen LogP contribution in [0, 0.1) is 6.92 Å². The molecule has 5 rings (SSSR count). The third kappa shape index (κ3) is 3.88. The lowest BCUT2D eigenvalue weighted by molar-refractivity contribution is 0.121. The average molecular weight is 432 g/mol. The van der Waals surface area contributed by atoms with Gasteiger partial charge in [0.1, 0.15) is 5.01 Å². The van der Waals surface area contributed by atoms with Crippen molar-refractivity contribution in [2.24, 2.45) is 0 Å². The van der Waals surface area contributed by atoms with Crippen molar-refractivity contribution in [3.63, 3.8) is 0 Å². The highest BCUT2D eigenvalue weighted by Crippen LogP contribution is 2.43. The maximum absolute atomic E-state index is 9.71. The van der Waals surface area contributed by atoms with Gasteiger partial charge in [-0.2, -0.15) is 5.10 Å². The van der Waals surface area contributed by atoms with E-state index in [1.165, 1.54) is 17.8 Å². The van der Waals surface area contributed by atoms with E-state index in [1.807, 2.05) is 17.6 Å². The molecule has 0 bridgehead atoms. The second kappa shape index (κ2) is 7.86. The van der Waals surface area contributed by atoms with E-state index in [1.54, 1.807) is 30.4 Å². The number of ether oxygens (including phenoxy) is 1. The number of aryl methyl sites for hydroxylation is 1. The van der Waals surface area contributed by atoms with Gasteiger partial charge in [0.2, 0.25) is 10.8 Å². The fraction of sp³-hybridized carbons (Fsp3) is 0.550. The predicted octanol–water partition coefficient (Wildman–Crippen LogP) is 3.95. The van der Waals surface area contributed by atoms with Crippen molar-refractivity contribution in [1.29, 1.82) is 0 Å². The normalized spacial score (nSPS) is 22.3. The first kappa shape index (κ1) is 19.3. The van der Waals surface area contributed by atoms with Crippen LogP contribution >= 0.6 is 23.3 Å². The number of hydrogen-bond acceptors (Lipinski definition) is 8. The summed E-state index contributed by atoms with van der Waals surface area (Å²) in [6, 6.07) is 2.49. The smallest absolute Gasteiger partial charge is 0.228 e. The van der Waals surface area contributed by atoms with Gasteiger partial charge in [-0.25, -0.2) is 14.5 Å². The van der Waals surface area contributed by atoms with Crippen LogP contribution in [0.3, 0.4) is 0 Å². The first-order valence-electron chi connectivity index (χ1n) is 10.1. The lowest BCUT2D eigenvalue weighted by Crippen LogP contribution is -2.30. The van der Waals surface area contributed by atoms with E-state index >= 15 is 0 Å². The lowest BCUT2D eigenvalue weighted by Gasteiger charge is -2.25. The van der Waals surface area contributed by atoms with E-state index in [0.29, 0.717) is 17.8 Å². The molecule has 2 aliphatic rings. The summed E-state index contributed by atoms with van der Waals surface area (Å²) in [5.41, 5.74) is 2.95. The molecule has 0 aromatic carbocycles. The molecule has 2 aliphatic carbocycles. The van der Waals surface area contributed by atoms with E-state index in [-0.39, 0.29) is 6.10 Å². The Morgan fingerprint density at radius 3 is 2.76 bits per heavy atom. The number of rotatable bonds is 6. The minimum Gasteiger partial charge on any atom is -0.480 e. The van der Waals surface area contributed by atoms with Gasteiger partial charge in [-0.15, -0.1) is 0 Å². The maximum Gasteiger partial charge on any atom is 0.228 e. The number of aliphatic hydroxyl groups is 1. The van der Waals surface area contributed by atoms with Crippen LogP contribution in [0.1, 0.15) is 55.1 Å². The Morgan fingerprint density at radius 2 is 2.03 bits per heavy atom. The van der Waals surface area contributed by atoms with Gasteiger partial charge in [0.05, 0.1) is 29.5 Å². The van der Waals surface area contributed by atoms with Gasteiger partial charge in [0.25, 0.3) is 0 Å². The minimum atomic E-state index is -0.150. The van der Waals surface area contributed by atoms with Crippen LogP contribution in [0.25, 0.3) is 16.2 Å². The molecule has 0 amide bonds. The second-order valence-electron chi connectivity index (χ2n) is 7.91. The first-order chi connectivity index (χ1) is 14.1. The van der Waals surface area contributed by atoms with E-state index in [9.17, 15) is 5.11 Å². The molecule has 0 atom stereocenters. The molecule has 2 fully saturated rings. The zero-order chi connectivity index (χ0) is 20.0. The number of nitrogens with one attached hydrogen (secondary N) is 1. The van der Waals surface area contributed by atoms with E-state index in [2.05, 4.69) is 15.8 Å². The molecule has 3 aromatic rings. The van der Waals surface area contributed by atoms with Crippen LogP contribution in [-0.4, -0.2) is 43.9 Å². The van der Waals surface area contributed by atoms with Crippen LogP contribution in [0.15, 0.2) is 17.2 Å². The van der Waals surface area contributed by atoms with Crippen molar-refractivity contribution in [2.45, 2.75) is 68.4 Å². The summed E-state index contributed by atoms with van der Waals surface area (Å²) in [5, 5.41) is 15.7. The number of hydrogen-bond donors (Lipinski definition) is 2. The molecule has 7 nitrogen and oxygen atoms in total. The van der Waals surface area contributed by atoms with Gasteiger partial charge < -0.3 is 9.84 Å². The highest BCUT2D eigenvalue weighted by atomic mass is 32.2. The summed E-state index contributed by atoms with van der Waals surface area (Å²) in [7, 11) is 1.65. The SMILES string of the molecule is COc1ncc(-c2c(C)nc3sc(C4CC4)nn23)cc1SN[C@H]1CC[C@@H](O)CC1. The molecule has 2 saturated carbocycles. The number of fused-ring (bicyclic) bond motifs is 1. The highest BCUT2D eigenvalue weighted by Gasteiger charge is 2.29. The number of methoxy groups -OCH3 is 1. The van der Waals surface area contributed by atoms with Crippen molar-refractivity contribution in [2.75, 3.05) is 7.11 Å². The minimum absolute atomic E-state index is 0.150. The first-order valence-corrected chi connectivity index (χ1v) is 11.8. The number of imidazole rings is 1. The van der Waals surface area contributed by atoms with Crippen LogP contribution < -0.4 is 9.46 Å². The number of pyridine rings is 1.